The molecule has 0 aromatic heterocycles. The molecule has 0 aliphatic heterocycles. The van der Waals surface area contributed by atoms with Crippen molar-refractivity contribution in [3.05, 3.63) is 35.1 Å². The molecule has 3 nitrogen and oxygen atoms in total. The van der Waals surface area contributed by atoms with E-state index in [9.17, 15) is 4.39 Å². The van der Waals surface area contributed by atoms with Crippen molar-refractivity contribution < 1.29 is 4.39 Å². The van der Waals surface area contributed by atoms with Gasteiger partial charge in [0, 0.05) is 18.7 Å². The Hall–Kier alpha value is -0.970. The van der Waals surface area contributed by atoms with Crippen LogP contribution in [0.25, 0.3) is 0 Å². The first kappa shape index (κ1) is 16.1. The van der Waals surface area contributed by atoms with Crippen LogP contribution in [0.2, 0.25) is 0 Å². The summed E-state index contributed by atoms with van der Waals surface area (Å²) in [5.41, 5.74) is 1.90. The summed E-state index contributed by atoms with van der Waals surface area (Å²) in [5, 5.41) is 3.09. The lowest BCUT2D eigenvalue weighted by Crippen LogP contribution is -2.24. The summed E-state index contributed by atoms with van der Waals surface area (Å²) in [6, 6.07) is 5.35. The van der Waals surface area contributed by atoms with Gasteiger partial charge in [-0.15, -0.1) is 0 Å². The van der Waals surface area contributed by atoms with Gasteiger partial charge in [-0.2, -0.15) is 0 Å². The van der Waals surface area contributed by atoms with Crippen molar-refractivity contribution in [2.24, 2.45) is 0 Å². The quantitative estimate of drug-likeness (QED) is 0.776. The van der Waals surface area contributed by atoms with Crippen molar-refractivity contribution in [3.63, 3.8) is 0 Å². The van der Waals surface area contributed by atoms with Crippen molar-refractivity contribution in [1.82, 2.24) is 15.1 Å². The first-order valence-corrected chi connectivity index (χ1v) is 6.78. The Labute approximate surface area is 116 Å². The Morgan fingerprint density at radius 3 is 2.53 bits per heavy atom. The molecule has 4 heteroatoms. The summed E-state index contributed by atoms with van der Waals surface area (Å²) in [6.07, 6.45) is 1.10. The van der Waals surface area contributed by atoms with Crippen LogP contribution in [-0.4, -0.2) is 51.1 Å². The van der Waals surface area contributed by atoms with Crippen LogP contribution in [0.5, 0.6) is 0 Å². The lowest BCUT2D eigenvalue weighted by atomic mass is 10.1. The second kappa shape index (κ2) is 8.25. The Bertz CT molecular complexity index is 380. The highest BCUT2D eigenvalue weighted by molar-refractivity contribution is 5.25. The minimum atomic E-state index is -0.112. The van der Waals surface area contributed by atoms with E-state index in [1.54, 1.807) is 6.07 Å². The zero-order chi connectivity index (χ0) is 14.3. The molecule has 0 heterocycles. The van der Waals surface area contributed by atoms with E-state index >= 15 is 0 Å². The zero-order valence-corrected chi connectivity index (χ0v) is 12.5. The molecule has 1 N–H and O–H groups in total. The van der Waals surface area contributed by atoms with E-state index in [-0.39, 0.29) is 5.82 Å². The second-order valence-electron chi connectivity index (χ2n) is 5.35. The fourth-order valence-electron chi connectivity index (χ4n) is 2.09. The standard InChI is InChI=1S/C15H26FN3/c1-17-11-13-6-7-15(16)14(10-13)12-19(4)9-5-8-18(2)3/h6-7,10,17H,5,8-9,11-12H2,1-4H3. The predicted octanol–water partition coefficient (Wildman–Crippen LogP) is 1.93. The van der Waals surface area contributed by atoms with Crippen molar-refractivity contribution in [2.45, 2.75) is 19.5 Å². The highest BCUT2D eigenvalue weighted by Gasteiger charge is 2.07. The van der Waals surface area contributed by atoms with Gasteiger partial charge in [0.05, 0.1) is 0 Å². The van der Waals surface area contributed by atoms with E-state index < -0.39 is 0 Å². The Balaban J connectivity index is 2.52. The molecule has 1 rings (SSSR count). The monoisotopic (exact) mass is 267 g/mol. The smallest absolute Gasteiger partial charge is 0.127 e. The molecule has 0 bridgehead atoms. The van der Waals surface area contributed by atoms with Crippen molar-refractivity contribution in [3.8, 4) is 0 Å². The molecule has 0 atom stereocenters. The van der Waals surface area contributed by atoms with Gasteiger partial charge < -0.3 is 15.1 Å². The maximum atomic E-state index is 13.8. The number of rotatable bonds is 8. The van der Waals surface area contributed by atoms with Crippen LogP contribution in [0.15, 0.2) is 18.2 Å². The number of halogens is 1. The molecular weight excluding hydrogens is 241 g/mol. The van der Waals surface area contributed by atoms with Crippen LogP contribution in [0.1, 0.15) is 17.5 Å². The highest BCUT2D eigenvalue weighted by atomic mass is 19.1. The molecule has 0 fully saturated rings. The molecule has 1 aromatic rings. The maximum Gasteiger partial charge on any atom is 0.127 e. The normalized spacial score (nSPS) is 11.5. The molecule has 0 aliphatic carbocycles. The van der Waals surface area contributed by atoms with Crippen LogP contribution < -0.4 is 5.32 Å². The molecular formula is C15H26FN3. The van der Waals surface area contributed by atoms with Gasteiger partial charge in [-0.3, -0.25) is 0 Å². The van der Waals surface area contributed by atoms with E-state index in [1.165, 1.54) is 0 Å². The molecule has 0 saturated heterocycles. The third-order valence-corrected chi connectivity index (χ3v) is 3.08. The third-order valence-electron chi connectivity index (χ3n) is 3.08. The Morgan fingerprint density at radius 1 is 1.16 bits per heavy atom. The predicted molar refractivity (Wildman–Crippen MR) is 78.7 cm³/mol. The van der Waals surface area contributed by atoms with Gasteiger partial charge in [0.15, 0.2) is 0 Å². The van der Waals surface area contributed by atoms with Gasteiger partial charge in [0.1, 0.15) is 5.82 Å². The van der Waals surface area contributed by atoms with Gasteiger partial charge in [-0.25, -0.2) is 4.39 Å². The average Bonchev–Trinajstić information content (AvgIpc) is 2.33. The Morgan fingerprint density at radius 2 is 1.89 bits per heavy atom. The molecule has 0 aliphatic rings. The first-order valence-electron chi connectivity index (χ1n) is 6.78. The van der Waals surface area contributed by atoms with Crippen LogP contribution in [0.3, 0.4) is 0 Å². The maximum absolute atomic E-state index is 13.8. The minimum absolute atomic E-state index is 0.112. The van der Waals surface area contributed by atoms with Crippen LogP contribution in [0.4, 0.5) is 4.39 Å². The molecule has 0 radical (unpaired) electrons. The van der Waals surface area contributed by atoms with Crippen molar-refractivity contribution >= 4 is 0 Å². The lowest BCUT2D eigenvalue weighted by Gasteiger charge is -2.19. The van der Waals surface area contributed by atoms with E-state index in [1.807, 2.05) is 26.2 Å². The minimum Gasteiger partial charge on any atom is -0.316 e. The Kier molecular flexibility index (Phi) is 6.99. The molecule has 19 heavy (non-hydrogen) atoms. The summed E-state index contributed by atoms with van der Waals surface area (Å²) in [7, 11) is 8.08. The van der Waals surface area contributed by atoms with Gasteiger partial charge in [-0.05, 0) is 59.3 Å². The van der Waals surface area contributed by atoms with Crippen LogP contribution >= 0.6 is 0 Å². The van der Waals surface area contributed by atoms with Crippen molar-refractivity contribution in [2.75, 3.05) is 41.3 Å². The van der Waals surface area contributed by atoms with Gasteiger partial charge >= 0.3 is 0 Å². The summed E-state index contributed by atoms with van der Waals surface area (Å²) in [5.74, 6) is -0.112. The molecule has 0 amide bonds. The number of nitrogens with one attached hydrogen (secondary N) is 1. The molecule has 0 spiro atoms. The third kappa shape index (κ3) is 6.14. The fourth-order valence-corrected chi connectivity index (χ4v) is 2.09. The molecule has 1 aromatic carbocycles. The summed E-state index contributed by atoms with van der Waals surface area (Å²) >= 11 is 0. The summed E-state index contributed by atoms with van der Waals surface area (Å²) in [4.78, 5) is 4.34. The second-order valence-corrected chi connectivity index (χ2v) is 5.35. The molecule has 0 unspecified atom stereocenters. The summed E-state index contributed by atoms with van der Waals surface area (Å²) in [6.45, 7) is 3.48. The van der Waals surface area contributed by atoms with Crippen LogP contribution in [0, 0.1) is 5.82 Å². The van der Waals surface area contributed by atoms with Gasteiger partial charge in [0.25, 0.3) is 0 Å². The number of benzene rings is 1. The number of nitrogens with zero attached hydrogens (tertiary/aromatic N) is 2. The first-order chi connectivity index (χ1) is 9.02. The largest absolute Gasteiger partial charge is 0.316 e. The molecule has 0 saturated carbocycles. The number of hydrogen-bond donors (Lipinski definition) is 1. The van der Waals surface area contributed by atoms with E-state index in [4.69, 9.17) is 0 Å². The van der Waals surface area contributed by atoms with E-state index in [2.05, 4.69) is 29.2 Å². The van der Waals surface area contributed by atoms with Crippen LogP contribution in [-0.2, 0) is 13.1 Å². The highest BCUT2D eigenvalue weighted by Crippen LogP contribution is 2.13. The topological polar surface area (TPSA) is 18.5 Å². The van der Waals surface area contributed by atoms with Crippen molar-refractivity contribution in [1.29, 1.82) is 0 Å². The van der Waals surface area contributed by atoms with E-state index in [0.717, 1.165) is 37.2 Å². The lowest BCUT2D eigenvalue weighted by molar-refractivity contribution is 0.291. The zero-order valence-electron chi connectivity index (χ0n) is 12.5. The van der Waals surface area contributed by atoms with E-state index in [0.29, 0.717) is 6.54 Å². The average molecular weight is 267 g/mol. The SMILES string of the molecule is CNCc1ccc(F)c(CN(C)CCCN(C)C)c1. The number of hydrogen-bond acceptors (Lipinski definition) is 3. The fraction of sp³-hybridized carbons (Fsp3) is 0.600. The van der Waals surface area contributed by atoms with Gasteiger partial charge in [-0.1, -0.05) is 12.1 Å². The summed E-state index contributed by atoms with van der Waals surface area (Å²) < 4.78 is 13.8. The molecule has 108 valence electrons. The van der Waals surface area contributed by atoms with Gasteiger partial charge in [0.2, 0.25) is 0 Å².